The number of nitrogens with zero attached hydrogens (tertiary/aromatic N) is 1. The van der Waals surface area contributed by atoms with Crippen LogP contribution in [-0.2, 0) is 14.3 Å². The summed E-state index contributed by atoms with van der Waals surface area (Å²) in [6, 6.07) is 7.76. The number of thioether (sulfide) groups is 1. The van der Waals surface area contributed by atoms with E-state index in [0.717, 1.165) is 18.9 Å². The smallest absolute Gasteiger partial charge is 0.319 e. The SMILES string of the molecule is COC(=O)[C@H]1C(=O)NC(SC)=C(C#N)[C@@H]1c1ccccc1F. The van der Waals surface area contributed by atoms with Crippen LogP contribution in [-0.4, -0.2) is 25.2 Å². The van der Waals surface area contributed by atoms with Gasteiger partial charge >= 0.3 is 5.97 Å². The van der Waals surface area contributed by atoms with Gasteiger partial charge < -0.3 is 10.1 Å². The number of esters is 1. The summed E-state index contributed by atoms with van der Waals surface area (Å²) in [6.07, 6.45) is 1.68. The summed E-state index contributed by atoms with van der Waals surface area (Å²) in [6.45, 7) is 0. The molecular formula is C15H13FN2O3S. The zero-order valence-electron chi connectivity index (χ0n) is 11.9. The molecule has 1 aliphatic rings. The van der Waals surface area contributed by atoms with Gasteiger partial charge in [0.15, 0.2) is 0 Å². The predicted molar refractivity (Wildman–Crippen MR) is 78.9 cm³/mol. The molecule has 5 nitrogen and oxygen atoms in total. The molecule has 114 valence electrons. The number of methoxy groups -OCH3 is 1. The number of allylic oxidation sites excluding steroid dienone is 1. The minimum absolute atomic E-state index is 0.121. The van der Waals surface area contributed by atoms with Crippen molar-refractivity contribution in [3.8, 4) is 6.07 Å². The van der Waals surface area contributed by atoms with Crippen LogP contribution in [0.5, 0.6) is 0 Å². The van der Waals surface area contributed by atoms with Gasteiger partial charge in [0.2, 0.25) is 5.91 Å². The molecule has 1 N–H and O–H groups in total. The Hall–Kier alpha value is -2.33. The highest BCUT2D eigenvalue weighted by Crippen LogP contribution is 2.40. The molecule has 0 unspecified atom stereocenters. The summed E-state index contributed by atoms with van der Waals surface area (Å²) in [5.74, 6) is -4.30. The largest absolute Gasteiger partial charge is 0.468 e. The summed E-state index contributed by atoms with van der Waals surface area (Å²) >= 11 is 1.16. The Morgan fingerprint density at radius 1 is 1.45 bits per heavy atom. The van der Waals surface area contributed by atoms with E-state index in [-0.39, 0.29) is 11.1 Å². The van der Waals surface area contributed by atoms with E-state index in [1.54, 1.807) is 12.3 Å². The molecular weight excluding hydrogens is 307 g/mol. The van der Waals surface area contributed by atoms with Crippen LogP contribution in [0.1, 0.15) is 11.5 Å². The van der Waals surface area contributed by atoms with E-state index in [1.807, 2.05) is 6.07 Å². The Morgan fingerprint density at radius 2 is 2.14 bits per heavy atom. The summed E-state index contributed by atoms with van der Waals surface area (Å²) in [4.78, 5) is 24.2. The lowest BCUT2D eigenvalue weighted by atomic mass is 9.78. The molecule has 0 bridgehead atoms. The van der Waals surface area contributed by atoms with Crippen LogP contribution in [0, 0.1) is 23.1 Å². The fourth-order valence-electron chi connectivity index (χ4n) is 2.43. The van der Waals surface area contributed by atoms with Crippen molar-refractivity contribution in [2.24, 2.45) is 5.92 Å². The number of hydrogen-bond donors (Lipinski definition) is 1. The van der Waals surface area contributed by atoms with E-state index in [2.05, 4.69) is 10.1 Å². The Morgan fingerprint density at radius 3 is 2.68 bits per heavy atom. The third kappa shape index (κ3) is 2.70. The van der Waals surface area contributed by atoms with Gasteiger partial charge in [0, 0.05) is 5.92 Å². The van der Waals surface area contributed by atoms with Crippen molar-refractivity contribution in [2.75, 3.05) is 13.4 Å². The Labute approximate surface area is 131 Å². The molecule has 1 aromatic rings. The zero-order valence-corrected chi connectivity index (χ0v) is 12.7. The molecule has 1 amide bonds. The lowest BCUT2D eigenvalue weighted by molar-refractivity contribution is -0.150. The molecule has 0 spiro atoms. The summed E-state index contributed by atoms with van der Waals surface area (Å²) < 4.78 is 18.8. The first-order valence-electron chi connectivity index (χ1n) is 6.36. The standard InChI is InChI=1S/C15H13FN2O3S/c1-21-15(20)12-11(8-5-3-4-6-10(8)16)9(7-17)14(22-2)18-13(12)19/h3-6,11-12H,1-2H3,(H,18,19)/t11-,12+/m0/s1. The summed E-state index contributed by atoms with van der Waals surface area (Å²) in [7, 11) is 1.15. The minimum Gasteiger partial charge on any atom is -0.468 e. The second-order valence-electron chi connectivity index (χ2n) is 4.55. The highest BCUT2D eigenvalue weighted by molar-refractivity contribution is 8.02. The van der Waals surface area contributed by atoms with Crippen molar-refractivity contribution in [3.05, 3.63) is 46.2 Å². The molecule has 2 atom stereocenters. The first-order chi connectivity index (χ1) is 10.5. The maximum absolute atomic E-state index is 14.2. The molecule has 0 aliphatic carbocycles. The molecule has 2 rings (SSSR count). The van der Waals surface area contributed by atoms with E-state index < -0.39 is 29.5 Å². The molecule has 1 aliphatic heterocycles. The van der Waals surface area contributed by atoms with Crippen molar-refractivity contribution < 1.29 is 18.7 Å². The van der Waals surface area contributed by atoms with Gasteiger partial charge in [-0.05, 0) is 17.9 Å². The van der Waals surface area contributed by atoms with E-state index in [1.165, 1.54) is 18.2 Å². The first kappa shape index (κ1) is 16.0. The first-order valence-corrected chi connectivity index (χ1v) is 7.59. The van der Waals surface area contributed by atoms with Gasteiger partial charge in [-0.2, -0.15) is 5.26 Å². The van der Waals surface area contributed by atoms with Crippen LogP contribution in [0.4, 0.5) is 4.39 Å². The molecule has 0 aromatic heterocycles. The zero-order chi connectivity index (χ0) is 16.3. The number of nitriles is 1. The van der Waals surface area contributed by atoms with Gasteiger partial charge in [0.1, 0.15) is 11.7 Å². The molecule has 0 fully saturated rings. The number of benzene rings is 1. The molecule has 0 radical (unpaired) electrons. The second-order valence-corrected chi connectivity index (χ2v) is 5.36. The quantitative estimate of drug-likeness (QED) is 0.680. The number of amides is 1. The van der Waals surface area contributed by atoms with Crippen molar-refractivity contribution in [1.82, 2.24) is 5.32 Å². The van der Waals surface area contributed by atoms with Crippen LogP contribution in [0.2, 0.25) is 0 Å². The molecule has 1 heterocycles. The van der Waals surface area contributed by atoms with Gasteiger partial charge in [0.05, 0.1) is 23.8 Å². The number of halogens is 1. The number of carbonyl (C=O) groups is 2. The maximum atomic E-state index is 14.2. The average Bonchev–Trinajstić information content (AvgIpc) is 2.53. The number of nitrogens with one attached hydrogen (secondary N) is 1. The second kappa shape index (κ2) is 6.62. The molecule has 22 heavy (non-hydrogen) atoms. The van der Waals surface area contributed by atoms with Crippen molar-refractivity contribution in [2.45, 2.75) is 5.92 Å². The van der Waals surface area contributed by atoms with Gasteiger partial charge in [0.25, 0.3) is 0 Å². The van der Waals surface area contributed by atoms with Crippen LogP contribution >= 0.6 is 11.8 Å². The number of rotatable bonds is 3. The molecule has 7 heteroatoms. The molecule has 1 aromatic carbocycles. The Balaban J connectivity index is 2.69. The predicted octanol–water partition coefficient (Wildman–Crippen LogP) is 1.93. The van der Waals surface area contributed by atoms with Gasteiger partial charge in [-0.1, -0.05) is 18.2 Å². The number of carbonyl (C=O) groups excluding carboxylic acids is 2. The highest BCUT2D eigenvalue weighted by atomic mass is 32.2. The third-order valence-electron chi connectivity index (χ3n) is 3.43. The number of ether oxygens (including phenoxy) is 1. The fourth-order valence-corrected chi connectivity index (χ4v) is 3.03. The Kier molecular flexibility index (Phi) is 4.83. The van der Waals surface area contributed by atoms with Gasteiger partial charge in [-0.3, -0.25) is 9.59 Å². The van der Waals surface area contributed by atoms with E-state index in [4.69, 9.17) is 0 Å². The fraction of sp³-hybridized carbons (Fsp3) is 0.267. The van der Waals surface area contributed by atoms with Crippen molar-refractivity contribution in [3.63, 3.8) is 0 Å². The van der Waals surface area contributed by atoms with Crippen molar-refractivity contribution in [1.29, 1.82) is 5.26 Å². The van der Waals surface area contributed by atoms with Crippen LogP contribution < -0.4 is 5.32 Å². The lowest BCUT2D eigenvalue weighted by Gasteiger charge is -2.30. The van der Waals surface area contributed by atoms with Crippen LogP contribution in [0.3, 0.4) is 0 Å². The van der Waals surface area contributed by atoms with E-state index in [0.29, 0.717) is 5.03 Å². The van der Waals surface area contributed by atoms with E-state index >= 15 is 0 Å². The minimum atomic E-state index is -1.30. The maximum Gasteiger partial charge on any atom is 0.319 e. The monoisotopic (exact) mass is 320 g/mol. The molecule has 0 saturated heterocycles. The Bertz CT molecular complexity index is 696. The highest BCUT2D eigenvalue weighted by Gasteiger charge is 2.44. The summed E-state index contributed by atoms with van der Waals surface area (Å²) in [5.41, 5.74) is 0.267. The topological polar surface area (TPSA) is 79.2 Å². The average molecular weight is 320 g/mol. The normalized spacial score (nSPS) is 21.1. The van der Waals surface area contributed by atoms with Gasteiger partial charge in [-0.25, -0.2) is 4.39 Å². The van der Waals surface area contributed by atoms with Crippen LogP contribution in [0.15, 0.2) is 34.9 Å². The lowest BCUT2D eigenvalue weighted by Crippen LogP contribution is -2.44. The van der Waals surface area contributed by atoms with Crippen LogP contribution in [0.25, 0.3) is 0 Å². The summed E-state index contributed by atoms with van der Waals surface area (Å²) in [5, 5.41) is 12.3. The van der Waals surface area contributed by atoms with Crippen molar-refractivity contribution >= 4 is 23.6 Å². The van der Waals surface area contributed by atoms with E-state index in [9.17, 15) is 19.2 Å². The third-order valence-corrected chi connectivity index (χ3v) is 4.16. The molecule has 0 saturated carbocycles. The van der Waals surface area contributed by atoms with Gasteiger partial charge in [-0.15, -0.1) is 11.8 Å². The number of hydrogen-bond acceptors (Lipinski definition) is 5.